The number of anilines is 1. The number of fused-ring (bicyclic) bond motifs is 2. The Labute approximate surface area is 235 Å². The second kappa shape index (κ2) is 13.3. The number of hydrogen-bond acceptors (Lipinski definition) is 6. The first-order valence-electron chi connectivity index (χ1n) is 13.1. The molecule has 0 fully saturated rings. The number of aryl methyl sites for hydroxylation is 2. The van der Waals surface area contributed by atoms with E-state index in [9.17, 15) is 18.0 Å². The minimum atomic E-state index is -5.19. The zero-order chi connectivity index (χ0) is 30.3. The molecule has 0 aromatic heterocycles. The number of nitrogens with two attached hydrogens (primary N) is 1. The number of halogens is 3. The largest absolute Gasteiger partial charge is 0.542 e. The number of carboxylic acid groups (broad SMARTS) is 1. The number of hydrogen-bond donors (Lipinski definition) is 4. The molecule has 2 aromatic carbocycles. The van der Waals surface area contributed by atoms with Gasteiger partial charge in [0.1, 0.15) is 23.9 Å². The highest BCUT2D eigenvalue weighted by Gasteiger charge is 2.29. The van der Waals surface area contributed by atoms with Gasteiger partial charge in [0, 0.05) is 59.0 Å². The molecule has 0 atom stereocenters. The lowest BCUT2D eigenvalue weighted by molar-refractivity contribution is -0.496. The van der Waals surface area contributed by atoms with Crippen molar-refractivity contribution >= 4 is 28.5 Å². The summed E-state index contributed by atoms with van der Waals surface area (Å²) >= 11 is 0. The number of aliphatic carboxylic acids is 1. The van der Waals surface area contributed by atoms with Gasteiger partial charge in [0.15, 0.2) is 0 Å². The number of nitrogens with one attached hydrogen (secondary N) is 3. The normalized spacial score (nSPS) is 11.8. The predicted octanol–water partition coefficient (Wildman–Crippen LogP) is 2.24. The third kappa shape index (κ3) is 7.23. The van der Waals surface area contributed by atoms with Crippen LogP contribution in [-0.2, 0) is 4.79 Å². The summed E-state index contributed by atoms with van der Waals surface area (Å²) in [7, 11) is 0. The molecule has 0 spiro atoms. The Bertz CT molecular complexity index is 1600. The Morgan fingerprint density at radius 1 is 1.02 bits per heavy atom. The molecule has 218 valence electrons. The molecule has 41 heavy (non-hydrogen) atoms. The van der Waals surface area contributed by atoms with E-state index in [0.717, 1.165) is 68.7 Å². The molecule has 4 rings (SSSR count). The van der Waals surface area contributed by atoms with Crippen LogP contribution < -0.4 is 31.8 Å². The molecule has 1 amide bonds. The van der Waals surface area contributed by atoms with Gasteiger partial charge in [-0.2, -0.15) is 13.2 Å². The van der Waals surface area contributed by atoms with Crippen molar-refractivity contribution in [2.24, 2.45) is 5.73 Å². The van der Waals surface area contributed by atoms with E-state index >= 15 is 0 Å². The first-order chi connectivity index (χ1) is 19.4. The van der Waals surface area contributed by atoms with Gasteiger partial charge < -0.3 is 30.7 Å². The molecule has 5 N–H and O–H groups in total. The van der Waals surface area contributed by atoms with Crippen LogP contribution in [-0.4, -0.2) is 44.2 Å². The van der Waals surface area contributed by atoms with E-state index in [1.165, 1.54) is 0 Å². The molecule has 2 aliphatic rings. The Kier molecular flexibility index (Phi) is 10.1. The van der Waals surface area contributed by atoms with Crippen LogP contribution in [0.5, 0.6) is 0 Å². The van der Waals surface area contributed by atoms with E-state index in [-0.39, 0.29) is 5.91 Å². The van der Waals surface area contributed by atoms with Gasteiger partial charge in [-0.25, -0.2) is 4.99 Å². The molecule has 1 aliphatic heterocycles. The van der Waals surface area contributed by atoms with Crippen molar-refractivity contribution in [3.8, 4) is 22.5 Å². The summed E-state index contributed by atoms with van der Waals surface area (Å²) in [5.41, 5.74) is 13.1. The molecule has 0 saturated carbocycles. The van der Waals surface area contributed by atoms with Gasteiger partial charge in [-0.15, -0.1) is 0 Å². The van der Waals surface area contributed by atoms with E-state index in [2.05, 4.69) is 67.6 Å². The maximum Gasteiger partial charge on any atom is 0.430 e. The van der Waals surface area contributed by atoms with E-state index < -0.39 is 12.1 Å². The summed E-state index contributed by atoms with van der Waals surface area (Å²) in [6.07, 6.45) is -5.19. The number of benzene rings is 3. The predicted molar refractivity (Wildman–Crippen MR) is 149 cm³/mol. The first-order valence-corrected chi connectivity index (χ1v) is 13.1. The molecule has 1 heterocycles. The van der Waals surface area contributed by atoms with Gasteiger partial charge >= 0.3 is 6.18 Å². The van der Waals surface area contributed by atoms with Crippen LogP contribution in [0.3, 0.4) is 0 Å². The summed E-state index contributed by atoms with van der Waals surface area (Å²) in [6.45, 7) is 10.8. The summed E-state index contributed by atoms with van der Waals surface area (Å²) in [5.74, 6) is -2.37. The molecule has 0 bridgehead atoms. The zero-order valence-corrected chi connectivity index (χ0v) is 23.3. The summed E-state index contributed by atoms with van der Waals surface area (Å²) in [4.78, 5) is 25.3. The highest BCUT2D eigenvalue weighted by atomic mass is 19.4. The minimum Gasteiger partial charge on any atom is -0.542 e. The van der Waals surface area contributed by atoms with Gasteiger partial charge in [0.05, 0.1) is 6.07 Å². The monoisotopic (exact) mass is 570 g/mol. The quantitative estimate of drug-likeness (QED) is 0.252. The number of alkyl halides is 3. The molecule has 0 saturated heterocycles. The lowest BCUT2D eigenvalue weighted by Crippen LogP contribution is -2.76. The first kappa shape index (κ1) is 31.2. The Hall–Kier alpha value is -4.38. The van der Waals surface area contributed by atoms with Crippen LogP contribution in [0.2, 0.25) is 0 Å². The molecule has 2 aromatic rings. The highest BCUT2D eigenvalue weighted by Crippen LogP contribution is 2.42. The van der Waals surface area contributed by atoms with E-state index in [4.69, 9.17) is 20.1 Å². The van der Waals surface area contributed by atoms with Crippen LogP contribution in [0.1, 0.15) is 35.3 Å². The number of carboxylic acids is 1. The fourth-order valence-corrected chi connectivity index (χ4v) is 4.43. The van der Waals surface area contributed by atoms with Crippen LogP contribution in [0, 0.1) is 13.8 Å². The molecular weight excluding hydrogens is 537 g/mol. The standard InChI is InChI=1S/C28H32N4O2.C2HF3O2/c1-5-30-23-15-25-21(13-17(23)3)27(19-9-7-8-10-20(19)28(33)32-12-11-29)22-14-18(4)24(31-6-2)16-26(22)34-25;3-2(4,5)1(6)7/h7-10,13-16,30H,5-6,11-12,29H2,1-4H3,(H,32,33);(H,6,7). The summed E-state index contributed by atoms with van der Waals surface area (Å²) < 4.78 is 38.0. The number of rotatable bonds is 7. The second-order valence-electron chi connectivity index (χ2n) is 9.24. The maximum absolute atomic E-state index is 13.1. The minimum absolute atomic E-state index is 0.134. The van der Waals surface area contributed by atoms with Crippen molar-refractivity contribution in [3.05, 3.63) is 70.6 Å². The lowest BCUT2D eigenvalue weighted by atomic mass is 9.89. The van der Waals surface area contributed by atoms with Crippen LogP contribution in [0.15, 0.2) is 52.9 Å². The Morgan fingerprint density at radius 3 is 2.32 bits per heavy atom. The third-order valence-corrected chi connectivity index (χ3v) is 6.25. The second-order valence-corrected chi connectivity index (χ2v) is 9.24. The molecule has 0 unspecified atom stereocenters. The SMILES string of the molecule is CCNc1cc2oc3cc(=[NH+]CC)c(C)cc-3c(-c3ccccc3C(=O)NCCN)c2cc1C.O=C([O-])C(F)(F)F. The summed E-state index contributed by atoms with van der Waals surface area (Å²) in [5, 5.41) is 17.1. The topological polar surface area (TPSA) is 134 Å². The molecular formula is C30H33F3N4O4. The van der Waals surface area contributed by atoms with E-state index in [1.54, 1.807) is 0 Å². The highest BCUT2D eigenvalue weighted by molar-refractivity contribution is 6.09. The molecule has 8 nitrogen and oxygen atoms in total. The lowest BCUT2D eigenvalue weighted by Gasteiger charge is -2.19. The fraction of sp³-hybridized carbons (Fsp3) is 0.300. The fourth-order valence-electron chi connectivity index (χ4n) is 4.43. The van der Waals surface area contributed by atoms with Crippen molar-refractivity contribution in [2.45, 2.75) is 33.9 Å². The van der Waals surface area contributed by atoms with Crippen molar-refractivity contribution in [1.82, 2.24) is 5.32 Å². The van der Waals surface area contributed by atoms with Crippen molar-refractivity contribution < 1.29 is 37.3 Å². The van der Waals surface area contributed by atoms with Gasteiger partial charge in [0.2, 0.25) is 5.36 Å². The smallest absolute Gasteiger partial charge is 0.430 e. The molecule has 1 aliphatic carbocycles. The van der Waals surface area contributed by atoms with Crippen molar-refractivity contribution in [3.63, 3.8) is 0 Å². The van der Waals surface area contributed by atoms with Crippen LogP contribution >= 0.6 is 0 Å². The van der Waals surface area contributed by atoms with E-state index in [1.807, 2.05) is 24.3 Å². The maximum atomic E-state index is 13.1. The Balaban J connectivity index is 0.000000587. The van der Waals surface area contributed by atoms with E-state index in [0.29, 0.717) is 18.7 Å². The zero-order valence-electron chi connectivity index (χ0n) is 23.3. The third-order valence-electron chi connectivity index (χ3n) is 6.25. The van der Waals surface area contributed by atoms with Crippen molar-refractivity contribution in [2.75, 3.05) is 31.5 Å². The van der Waals surface area contributed by atoms with Gasteiger partial charge in [-0.05, 0) is 57.0 Å². The van der Waals surface area contributed by atoms with Gasteiger partial charge in [0.25, 0.3) is 5.91 Å². The van der Waals surface area contributed by atoms with Crippen molar-refractivity contribution in [1.29, 1.82) is 0 Å². The average molecular weight is 571 g/mol. The molecule has 11 heteroatoms. The molecule has 0 radical (unpaired) electrons. The summed E-state index contributed by atoms with van der Waals surface area (Å²) in [6, 6.07) is 16.1. The van der Waals surface area contributed by atoms with Gasteiger partial charge in [-0.3, -0.25) is 4.79 Å². The van der Waals surface area contributed by atoms with Crippen LogP contribution in [0.25, 0.3) is 33.4 Å². The number of carbonyl (C=O) groups excluding carboxylic acids is 2. The Morgan fingerprint density at radius 2 is 1.71 bits per heavy atom. The van der Waals surface area contributed by atoms with Crippen LogP contribution in [0.4, 0.5) is 18.9 Å². The number of carbonyl (C=O) groups is 2. The van der Waals surface area contributed by atoms with Gasteiger partial charge in [-0.1, -0.05) is 18.2 Å². The number of amides is 1. The average Bonchev–Trinajstić information content (AvgIpc) is 2.92.